The Kier molecular flexibility index (Phi) is 5.66. The third kappa shape index (κ3) is 4.64. The molecule has 0 aromatic heterocycles. The number of hydrogen-bond donors (Lipinski definition) is 1. The number of anilines is 1. The molecular weight excluding hydrogens is 271 g/mol. The fourth-order valence-electron chi connectivity index (χ4n) is 0.877. The number of nitro benzene ring substituents is 1. The first-order valence-corrected chi connectivity index (χ1v) is 5.26. The van der Waals surface area contributed by atoms with Crippen LogP contribution >= 0.6 is 11.6 Å². The van der Waals surface area contributed by atoms with Gasteiger partial charge in [-0.3, -0.25) is 14.8 Å². The molecule has 16 heavy (non-hydrogen) atoms. The molecule has 1 rings (SSSR count). The number of nitrogens with zero attached hydrogens (tertiary/aromatic N) is 1. The number of nitrogens with one attached hydrogen (secondary N) is 1. The summed E-state index contributed by atoms with van der Waals surface area (Å²) in [4.78, 5) is 9.62. The van der Waals surface area contributed by atoms with Gasteiger partial charge in [-0.25, -0.2) is 8.42 Å². The molecule has 0 saturated carbocycles. The van der Waals surface area contributed by atoms with Crippen molar-refractivity contribution in [1.82, 2.24) is 0 Å². The van der Waals surface area contributed by atoms with Gasteiger partial charge in [0.15, 0.2) is 10.3 Å². The second kappa shape index (κ2) is 5.80. The molecule has 0 atom stereocenters. The summed E-state index contributed by atoms with van der Waals surface area (Å²) in [6.07, 6.45) is 0. The predicted octanol–water partition coefficient (Wildman–Crippen LogP) is -1.88. The summed E-state index contributed by atoms with van der Waals surface area (Å²) in [5.41, 5.74) is -0.999. The SMILES string of the molecule is O=[N+]([O-])c1cc(Cl)ccc1NS(=O)(=O)[O-].[Na+]. The number of hydrogen-bond acceptors (Lipinski definition) is 5. The molecule has 82 valence electrons. The summed E-state index contributed by atoms with van der Waals surface area (Å²) in [5, 5.41) is 10.5. The van der Waals surface area contributed by atoms with E-state index in [1.807, 2.05) is 0 Å². The van der Waals surface area contributed by atoms with Crippen molar-refractivity contribution in [2.45, 2.75) is 0 Å². The van der Waals surface area contributed by atoms with Gasteiger partial charge in [0.2, 0.25) is 0 Å². The average Bonchev–Trinajstić information content (AvgIpc) is 2.05. The van der Waals surface area contributed by atoms with Crippen molar-refractivity contribution in [3.63, 3.8) is 0 Å². The Morgan fingerprint density at radius 1 is 1.38 bits per heavy atom. The summed E-state index contributed by atoms with van der Waals surface area (Å²) in [6, 6.07) is 3.20. The molecular formula is C6H4ClN2NaO5S. The summed E-state index contributed by atoms with van der Waals surface area (Å²) >= 11 is 5.47. The van der Waals surface area contributed by atoms with Crippen molar-refractivity contribution in [2.24, 2.45) is 0 Å². The largest absolute Gasteiger partial charge is 1.00 e. The van der Waals surface area contributed by atoms with E-state index in [-0.39, 0.29) is 34.6 Å². The van der Waals surface area contributed by atoms with Crippen LogP contribution in [0.3, 0.4) is 0 Å². The minimum atomic E-state index is -4.79. The van der Waals surface area contributed by atoms with Crippen LogP contribution in [0.5, 0.6) is 0 Å². The Labute approximate surface area is 118 Å². The van der Waals surface area contributed by atoms with E-state index in [1.165, 1.54) is 10.8 Å². The molecule has 0 aliphatic carbocycles. The first kappa shape index (κ1) is 15.6. The number of halogens is 1. The minimum Gasteiger partial charge on any atom is -0.731 e. The molecule has 0 fully saturated rings. The first-order chi connectivity index (χ1) is 6.79. The van der Waals surface area contributed by atoms with Crippen LogP contribution in [0.2, 0.25) is 5.02 Å². The molecule has 1 N–H and O–H groups in total. The van der Waals surface area contributed by atoms with Gasteiger partial charge in [0.25, 0.3) is 5.69 Å². The van der Waals surface area contributed by atoms with Crippen LogP contribution in [0.1, 0.15) is 0 Å². The second-order valence-corrected chi connectivity index (χ2v) is 4.02. The maximum atomic E-state index is 10.5. The normalized spacial score (nSPS) is 10.4. The van der Waals surface area contributed by atoms with E-state index in [0.29, 0.717) is 0 Å². The molecule has 0 saturated heterocycles. The Morgan fingerprint density at radius 3 is 2.38 bits per heavy atom. The van der Waals surface area contributed by atoms with Gasteiger partial charge >= 0.3 is 29.6 Å². The molecule has 0 amide bonds. The van der Waals surface area contributed by atoms with Crippen molar-refractivity contribution >= 4 is 33.3 Å². The average molecular weight is 275 g/mol. The minimum absolute atomic E-state index is 0. The van der Waals surface area contributed by atoms with Gasteiger partial charge in [-0.15, -0.1) is 0 Å². The molecule has 10 heteroatoms. The van der Waals surface area contributed by atoms with Crippen molar-refractivity contribution < 1.29 is 47.5 Å². The fourth-order valence-corrected chi connectivity index (χ4v) is 1.49. The van der Waals surface area contributed by atoms with Gasteiger partial charge in [0.1, 0.15) is 5.69 Å². The van der Waals surface area contributed by atoms with E-state index in [2.05, 4.69) is 0 Å². The maximum Gasteiger partial charge on any atom is 1.00 e. The van der Waals surface area contributed by atoms with Gasteiger partial charge in [0, 0.05) is 11.1 Å². The van der Waals surface area contributed by atoms with E-state index in [0.717, 1.165) is 12.1 Å². The fraction of sp³-hybridized carbons (Fsp3) is 0. The first-order valence-electron chi connectivity index (χ1n) is 3.47. The van der Waals surface area contributed by atoms with Crippen LogP contribution in [-0.4, -0.2) is 17.9 Å². The van der Waals surface area contributed by atoms with Gasteiger partial charge < -0.3 is 4.55 Å². The molecule has 7 nitrogen and oxygen atoms in total. The summed E-state index contributed by atoms with van der Waals surface area (Å²) < 4.78 is 32.5. The molecule has 0 aliphatic heterocycles. The van der Waals surface area contributed by atoms with Crippen LogP contribution in [-0.2, 0) is 10.3 Å². The zero-order chi connectivity index (χ0) is 11.6. The van der Waals surface area contributed by atoms with Crippen LogP contribution in [0.25, 0.3) is 0 Å². The topological polar surface area (TPSA) is 112 Å². The molecule has 0 heterocycles. The quantitative estimate of drug-likeness (QED) is 0.300. The van der Waals surface area contributed by atoms with Crippen molar-refractivity contribution in [3.8, 4) is 0 Å². The summed E-state index contributed by atoms with van der Waals surface area (Å²) in [6.45, 7) is 0. The van der Waals surface area contributed by atoms with Crippen LogP contribution in [0, 0.1) is 10.1 Å². The van der Waals surface area contributed by atoms with Gasteiger partial charge in [-0.2, -0.15) is 0 Å². The monoisotopic (exact) mass is 274 g/mol. The van der Waals surface area contributed by atoms with Gasteiger partial charge in [-0.1, -0.05) is 11.6 Å². The Morgan fingerprint density at radius 2 is 1.94 bits per heavy atom. The van der Waals surface area contributed by atoms with Crippen molar-refractivity contribution in [3.05, 3.63) is 33.3 Å². The second-order valence-electron chi connectivity index (χ2n) is 2.47. The zero-order valence-electron chi connectivity index (χ0n) is 8.01. The van der Waals surface area contributed by atoms with Crippen LogP contribution < -0.4 is 34.3 Å². The van der Waals surface area contributed by atoms with E-state index in [9.17, 15) is 23.1 Å². The van der Waals surface area contributed by atoms with E-state index in [4.69, 9.17) is 11.6 Å². The third-order valence-electron chi connectivity index (χ3n) is 1.39. The summed E-state index contributed by atoms with van der Waals surface area (Å²) in [7, 11) is -4.79. The van der Waals surface area contributed by atoms with E-state index in [1.54, 1.807) is 0 Å². The predicted molar refractivity (Wildman–Crippen MR) is 51.4 cm³/mol. The van der Waals surface area contributed by atoms with Crippen molar-refractivity contribution in [2.75, 3.05) is 4.72 Å². The van der Waals surface area contributed by atoms with Crippen LogP contribution in [0.15, 0.2) is 18.2 Å². The zero-order valence-corrected chi connectivity index (χ0v) is 11.6. The van der Waals surface area contributed by atoms with E-state index >= 15 is 0 Å². The molecule has 1 aromatic rings. The Hall–Kier alpha value is -0.380. The number of rotatable bonds is 3. The Balaban J connectivity index is 0.00000225. The molecule has 0 bridgehead atoms. The third-order valence-corrected chi connectivity index (χ3v) is 2.10. The van der Waals surface area contributed by atoms with Gasteiger partial charge in [0.05, 0.1) is 4.92 Å². The van der Waals surface area contributed by atoms with Crippen molar-refractivity contribution in [1.29, 1.82) is 0 Å². The molecule has 0 unspecified atom stereocenters. The number of benzene rings is 1. The summed E-state index contributed by atoms with van der Waals surface area (Å²) in [5.74, 6) is 0. The molecule has 1 aromatic carbocycles. The Bertz CT molecular complexity index is 506. The number of nitro groups is 1. The van der Waals surface area contributed by atoms with Gasteiger partial charge in [-0.05, 0) is 12.1 Å². The van der Waals surface area contributed by atoms with Crippen LogP contribution in [0.4, 0.5) is 11.4 Å². The maximum absolute atomic E-state index is 10.5. The molecule has 0 radical (unpaired) electrons. The standard InChI is InChI=1S/C6H5ClN2O5S.Na/c7-4-1-2-5(8-15(12,13)14)6(3-4)9(10)11;/h1-3,8H,(H,12,13,14);/q;+1/p-1. The molecule has 0 aliphatic rings. The molecule has 0 spiro atoms. The smallest absolute Gasteiger partial charge is 0.731 e. The van der Waals surface area contributed by atoms with E-state index < -0.39 is 26.6 Å².